The van der Waals surface area contributed by atoms with Crippen LogP contribution in [-0.4, -0.2) is 0 Å². The number of rotatable bonds is 4. The topological polar surface area (TPSA) is 0 Å². The van der Waals surface area contributed by atoms with Gasteiger partial charge in [-0.3, -0.25) is 0 Å². The molecule has 0 heteroatoms. The molecular formula is C14H20. The van der Waals surface area contributed by atoms with Crippen molar-refractivity contribution in [2.24, 2.45) is 5.92 Å². The average Bonchev–Trinajstić information content (AvgIpc) is 2.16. The molecule has 0 heterocycles. The minimum Gasteiger partial charge on any atom is -0.0998 e. The summed E-state index contributed by atoms with van der Waals surface area (Å²) in [5.74, 6) is 0.635. The molecule has 0 nitrogen and oxygen atoms in total. The van der Waals surface area contributed by atoms with E-state index in [0.29, 0.717) is 5.92 Å². The molecule has 0 saturated carbocycles. The van der Waals surface area contributed by atoms with Crippen molar-refractivity contribution in [3.05, 3.63) is 47.5 Å². The molecule has 0 aliphatic heterocycles. The Morgan fingerprint density at radius 2 is 2.00 bits per heavy atom. The highest BCUT2D eigenvalue weighted by Crippen LogP contribution is 2.20. The van der Waals surface area contributed by atoms with Crippen LogP contribution in [0.2, 0.25) is 0 Å². The van der Waals surface area contributed by atoms with Crippen LogP contribution in [0.1, 0.15) is 31.4 Å². The number of hydrogen-bond acceptors (Lipinski definition) is 0. The smallest absolute Gasteiger partial charge is 0.0171 e. The van der Waals surface area contributed by atoms with Gasteiger partial charge in [-0.1, -0.05) is 43.3 Å². The van der Waals surface area contributed by atoms with Crippen molar-refractivity contribution in [2.45, 2.75) is 33.6 Å². The number of allylic oxidation sites excluding steroid dienone is 1. The fourth-order valence-electron chi connectivity index (χ4n) is 1.77. The largest absolute Gasteiger partial charge is 0.0998 e. The van der Waals surface area contributed by atoms with Crippen LogP contribution in [0.25, 0.3) is 0 Å². The Bertz CT molecular complexity index is 310. The Hall–Kier alpha value is -1.04. The summed E-state index contributed by atoms with van der Waals surface area (Å²) in [5.41, 5.74) is 4.16. The molecule has 0 saturated heterocycles. The Labute approximate surface area is 87.7 Å². The highest BCUT2D eigenvalue weighted by atomic mass is 14.1. The Kier molecular flexibility index (Phi) is 3.94. The third-order valence-corrected chi connectivity index (χ3v) is 2.92. The van der Waals surface area contributed by atoms with Crippen molar-refractivity contribution in [3.8, 4) is 0 Å². The molecule has 0 aliphatic carbocycles. The molecular weight excluding hydrogens is 168 g/mol. The summed E-state index contributed by atoms with van der Waals surface area (Å²) in [4.78, 5) is 0. The van der Waals surface area contributed by atoms with Crippen molar-refractivity contribution in [1.29, 1.82) is 0 Å². The number of benzene rings is 1. The second-order valence-corrected chi connectivity index (χ2v) is 4.08. The van der Waals surface area contributed by atoms with Crippen LogP contribution >= 0.6 is 0 Å². The molecule has 0 N–H and O–H groups in total. The zero-order valence-electron chi connectivity index (χ0n) is 9.51. The first-order valence-electron chi connectivity index (χ1n) is 5.35. The molecule has 0 spiro atoms. The van der Waals surface area contributed by atoms with Crippen LogP contribution in [0.4, 0.5) is 0 Å². The lowest BCUT2D eigenvalue weighted by Gasteiger charge is -2.16. The first-order chi connectivity index (χ1) is 6.65. The zero-order chi connectivity index (χ0) is 10.6. The van der Waals surface area contributed by atoms with Gasteiger partial charge in [-0.05, 0) is 43.7 Å². The van der Waals surface area contributed by atoms with Crippen molar-refractivity contribution in [1.82, 2.24) is 0 Å². The van der Waals surface area contributed by atoms with Gasteiger partial charge in [-0.15, -0.1) is 0 Å². The van der Waals surface area contributed by atoms with Gasteiger partial charge in [0, 0.05) is 0 Å². The predicted octanol–water partition coefficient (Wildman–Crippen LogP) is 4.14. The van der Waals surface area contributed by atoms with Crippen LogP contribution in [0.15, 0.2) is 36.4 Å². The molecule has 0 aromatic heterocycles. The van der Waals surface area contributed by atoms with Gasteiger partial charge in [-0.25, -0.2) is 0 Å². The molecule has 1 aromatic rings. The normalized spacial score (nSPS) is 12.5. The van der Waals surface area contributed by atoms with E-state index in [-0.39, 0.29) is 0 Å². The average molecular weight is 188 g/mol. The summed E-state index contributed by atoms with van der Waals surface area (Å²) < 4.78 is 0. The van der Waals surface area contributed by atoms with E-state index in [1.165, 1.54) is 23.1 Å². The van der Waals surface area contributed by atoms with Gasteiger partial charge in [0.1, 0.15) is 0 Å². The molecule has 0 radical (unpaired) electrons. The second-order valence-electron chi connectivity index (χ2n) is 4.08. The number of hydrogen-bond donors (Lipinski definition) is 0. The van der Waals surface area contributed by atoms with E-state index in [9.17, 15) is 0 Å². The number of aryl methyl sites for hydroxylation is 1. The van der Waals surface area contributed by atoms with Gasteiger partial charge < -0.3 is 0 Å². The Balaban J connectivity index is 2.77. The first kappa shape index (κ1) is 11.0. The van der Waals surface area contributed by atoms with Gasteiger partial charge in [0.05, 0.1) is 0 Å². The van der Waals surface area contributed by atoms with Crippen LogP contribution in [0, 0.1) is 12.8 Å². The molecule has 1 rings (SSSR count). The molecule has 1 unspecified atom stereocenters. The van der Waals surface area contributed by atoms with E-state index in [0.717, 1.165) is 6.42 Å². The maximum atomic E-state index is 4.05. The monoisotopic (exact) mass is 188 g/mol. The van der Waals surface area contributed by atoms with E-state index in [1.54, 1.807) is 0 Å². The fourth-order valence-corrected chi connectivity index (χ4v) is 1.77. The van der Waals surface area contributed by atoms with Crippen LogP contribution in [0.3, 0.4) is 0 Å². The van der Waals surface area contributed by atoms with E-state index in [1.807, 2.05) is 0 Å². The lowest BCUT2D eigenvalue weighted by atomic mass is 9.90. The highest BCUT2D eigenvalue weighted by molar-refractivity contribution is 5.26. The van der Waals surface area contributed by atoms with Crippen molar-refractivity contribution in [3.63, 3.8) is 0 Å². The molecule has 14 heavy (non-hydrogen) atoms. The lowest BCUT2D eigenvalue weighted by molar-refractivity contribution is 0.589. The third-order valence-electron chi connectivity index (χ3n) is 2.92. The second kappa shape index (κ2) is 4.99. The van der Waals surface area contributed by atoms with Crippen molar-refractivity contribution < 1.29 is 0 Å². The van der Waals surface area contributed by atoms with E-state index < -0.39 is 0 Å². The quantitative estimate of drug-likeness (QED) is 0.623. The maximum absolute atomic E-state index is 4.05. The van der Waals surface area contributed by atoms with E-state index in [2.05, 4.69) is 51.6 Å². The molecule has 0 aliphatic rings. The molecule has 1 atom stereocenters. The van der Waals surface area contributed by atoms with Crippen LogP contribution < -0.4 is 0 Å². The van der Waals surface area contributed by atoms with Gasteiger partial charge in [0.15, 0.2) is 0 Å². The highest BCUT2D eigenvalue weighted by Gasteiger charge is 2.08. The SMILES string of the molecule is C=C(C)C(CC)Cc1ccccc1C. The Morgan fingerprint density at radius 3 is 2.50 bits per heavy atom. The molecule has 76 valence electrons. The standard InChI is InChI=1S/C14H20/c1-5-13(11(2)3)10-14-9-7-6-8-12(14)4/h6-9,13H,2,5,10H2,1,3-4H3. The summed E-state index contributed by atoms with van der Waals surface area (Å²) in [6, 6.07) is 8.62. The third kappa shape index (κ3) is 2.73. The summed E-state index contributed by atoms with van der Waals surface area (Å²) >= 11 is 0. The minimum atomic E-state index is 0.635. The first-order valence-corrected chi connectivity index (χ1v) is 5.35. The molecule has 0 fully saturated rings. The summed E-state index contributed by atoms with van der Waals surface area (Å²) in [7, 11) is 0. The van der Waals surface area contributed by atoms with Gasteiger partial charge in [-0.2, -0.15) is 0 Å². The predicted molar refractivity (Wildman–Crippen MR) is 63.5 cm³/mol. The van der Waals surface area contributed by atoms with Gasteiger partial charge >= 0.3 is 0 Å². The molecule has 1 aromatic carbocycles. The van der Waals surface area contributed by atoms with Gasteiger partial charge in [0.2, 0.25) is 0 Å². The summed E-state index contributed by atoms with van der Waals surface area (Å²) in [5, 5.41) is 0. The van der Waals surface area contributed by atoms with Crippen LogP contribution in [0.5, 0.6) is 0 Å². The van der Waals surface area contributed by atoms with E-state index in [4.69, 9.17) is 0 Å². The van der Waals surface area contributed by atoms with Gasteiger partial charge in [0.25, 0.3) is 0 Å². The van der Waals surface area contributed by atoms with Crippen molar-refractivity contribution in [2.75, 3.05) is 0 Å². The lowest BCUT2D eigenvalue weighted by Crippen LogP contribution is -2.05. The maximum Gasteiger partial charge on any atom is -0.0171 e. The summed E-state index contributed by atoms with van der Waals surface area (Å²) in [6.45, 7) is 10.6. The molecule has 0 bridgehead atoms. The zero-order valence-corrected chi connectivity index (χ0v) is 9.51. The van der Waals surface area contributed by atoms with E-state index >= 15 is 0 Å². The summed E-state index contributed by atoms with van der Waals surface area (Å²) in [6.07, 6.45) is 2.32. The minimum absolute atomic E-state index is 0.635. The van der Waals surface area contributed by atoms with Crippen LogP contribution in [-0.2, 0) is 6.42 Å². The Morgan fingerprint density at radius 1 is 1.36 bits per heavy atom. The molecule has 0 amide bonds. The fraction of sp³-hybridized carbons (Fsp3) is 0.429. The van der Waals surface area contributed by atoms with Crippen molar-refractivity contribution >= 4 is 0 Å².